The van der Waals surface area contributed by atoms with Crippen LogP contribution in [-0.4, -0.2) is 41.9 Å². The van der Waals surface area contributed by atoms with Crippen LogP contribution in [0.4, 0.5) is 4.39 Å². The number of carbonyl (C=O) groups is 2. The molecule has 7 heteroatoms. The van der Waals surface area contributed by atoms with Gasteiger partial charge in [0, 0.05) is 43.5 Å². The third-order valence-corrected chi connectivity index (χ3v) is 5.73. The fraction of sp³-hybridized carbons (Fsp3) is 0.240. The van der Waals surface area contributed by atoms with Crippen molar-refractivity contribution < 1.29 is 18.7 Å². The van der Waals surface area contributed by atoms with E-state index in [1.165, 1.54) is 12.1 Å². The fourth-order valence-corrected chi connectivity index (χ4v) is 4.07. The van der Waals surface area contributed by atoms with E-state index in [1.54, 1.807) is 66.9 Å². The Morgan fingerprint density at radius 2 is 1.97 bits per heavy atom. The van der Waals surface area contributed by atoms with Crippen LogP contribution >= 0.6 is 0 Å². The second kappa shape index (κ2) is 9.60. The van der Waals surface area contributed by atoms with Crippen molar-refractivity contribution >= 4 is 11.8 Å². The minimum absolute atomic E-state index is 0.177. The van der Waals surface area contributed by atoms with Gasteiger partial charge < -0.3 is 15.0 Å². The Hall–Kier alpha value is -3.74. The molecular weight excluding hydrogens is 409 g/mol. The van der Waals surface area contributed by atoms with Gasteiger partial charge in [0.05, 0.1) is 13.0 Å². The summed E-state index contributed by atoms with van der Waals surface area (Å²) in [6, 6.07) is 16.8. The average Bonchev–Trinajstić information content (AvgIpc) is 3.28. The molecule has 1 fully saturated rings. The Balaban J connectivity index is 1.56. The van der Waals surface area contributed by atoms with E-state index in [0.29, 0.717) is 30.0 Å². The fourth-order valence-electron chi connectivity index (χ4n) is 4.07. The van der Waals surface area contributed by atoms with Gasteiger partial charge in [-0.1, -0.05) is 24.3 Å². The molecule has 2 heterocycles. The normalized spacial score (nSPS) is 17.8. The molecule has 1 N–H and O–H groups in total. The van der Waals surface area contributed by atoms with Crippen LogP contribution < -0.4 is 10.1 Å². The number of hydrogen-bond acceptors (Lipinski definition) is 4. The molecule has 2 atom stereocenters. The van der Waals surface area contributed by atoms with Gasteiger partial charge in [-0.05, 0) is 47.5 Å². The quantitative estimate of drug-likeness (QED) is 0.647. The molecule has 2 amide bonds. The number of pyridine rings is 1. The van der Waals surface area contributed by atoms with E-state index in [0.717, 1.165) is 5.56 Å². The van der Waals surface area contributed by atoms with Gasteiger partial charge >= 0.3 is 0 Å². The van der Waals surface area contributed by atoms with Gasteiger partial charge in [-0.15, -0.1) is 0 Å². The van der Waals surface area contributed by atoms with Gasteiger partial charge in [0.1, 0.15) is 11.6 Å². The molecule has 1 aliphatic heterocycles. The predicted octanol–water partition coefficient (Wildman–Crippen LogP) is 3.40. The number of hydrogen-bond donors (Lipinski definition) is 1. The highest BCUT2D eigenvalue weighted by atomic mass is 19.1. The number of rotatable bonds is 6. The third kappa shape index (κ3) is 4.77. The Kier molecular flexibility index (Phi) is 6.44. The van der Waals surface area contributed by atoms with Crippen LogP contribution in [0.1, 0.15) is 27.4 Å². The Morgan fingerprint density at radius 1 is 1.12 bits per heavy atom. The summed E-state index contributed by atoms with van der Waals surface area (Å²) in [4.78, 5) is 32.0. The van der Waals surface area contributed by atoms with Crippen molar-refractivity contribution in [2.45, 2.75) is 12.5 Å². The van der Waals surface area contributed by atoms with Crippen molar-refractivity contribution in [1.29, 1.82) is 0 Å². The van der Waals surface area contributed by atoms with Gasteiger partial charge in [0.2, 0.25) is 5.91 Å². The van der Waals surface area contributed by atoms with Gasteiger partial charge in [-0.2, -0.15) is 0 Å². The van der Waals surface area contributed by atoms with Crippen molar-refractivity contribution in [3.05, 3.63) is 95.6 Å². The van der Waals surface area contributed by atoms with Crippen LogP contribution in [0.2, 0.25) is 0 Å². The summed E-state index contributed by atoms with van der Waals surface area (Å²) in [5.74, 6) is -0.953. The second-order valence-electron chi connectivity index (χ2n) is 7.79. The number of methoxy groups -OCH3 is 1. The summed E-state index contributed by atoms with van der Waals surface area (Å²) in [6.45, 7) is 0.906. The number of benzene rings is 2. The van der Waals surface area contributed by atoms with Crippen molar-refractivity contribution in [2.75, 3.05) is 20.2 Å². The Labute approximate surface area is 186 Å². The van der Waals surface area contributed by atoms with E-state index < -0.39 is 5.92 Å². The minimum Gasteiger partial charge on any atom is -0.497 e. The molecule has 2 aromatic carbocycles. The molecule has 6 nitrogen and oxygen atoms in total. The molecule has 3 aromatic rings. The number of nitrogens with one attached hydrogen (secondary N) is 1. The van der Waals surface area contributed by atoms with Crippen LogP contribution in [0, 0.1) is 11.7 Å². The lowest BCUT2D eigenvalue weighted by Crippen LogP contribution is -2.35. The van der Waals surface area contributed by atoms with Gasteiger partial charge in [-0.3, -0.25) is 14.6 Å². The molecule has 1 aromatic heterocycles. The summed E-state index contributed by atoms with van der Waals surface area (Å²) < 4.78 is 19.1. The molecule has 1 aliphatic rings. The van der Waals surface area contributed by atoms with Gasteiger partial charge in [0.25, 0.3) is 5.91 Å². The van der Waals surface area contributed by atoms with Crippen molar-refractivity contribution in [2.24, 2.45) is 5.92 Å². The average molecular weight is 433 g/mol. The zero-order valence-corrected chi connectivity index (χ0v) is 17.7. The van der Waals surface area contributed by atoms with E-state index >= 15 is 0 Å². The van der Waals surface area contributed by atoms with Crippen LogP contribution in [-0.2, 0) is 11.3 Å². The first-order valence-corrected chi connectivity index (χ1v) is 10.4. The highest BCUT2D eigenvalue weighted by molar-refractivity contribution is 5.95. The molecule has 0 radical (unpaired) electrons. The monoisotopic (exact) mass is 433 g/mol. The van der Waals surface area contributed by atoms with Crippen LogP contribution in [0.3, 0.4) is 0 Å². The van der Waals surface area contributed by atoms with E-state index in [1.807, 2.05) is 6.07 Å². The molecule has 0 aliphatic carbocycles. The maximum atomic E-state index is 13.9. The molecular formula is C25H24FN3O3. The summed E-state index contributed by atoms with van der Waals surface area (Å²) in [7, 11) is 1.54. The van der Waals surface area contributed by atoms with Crippen LogP contribution in [0.15, 0.2) is 73.1 Å². The van der Waals surface area contributed by atoms with Crippen molar-refractivity contribution in [3.8, 4) is 5.75 Å². The number of likely N-dealkylation sites (tertiary alicyclic amines) is 1. The molecule has 4 rings (SSSR count). The largest absolute Gasteiger partial charge is 0.497 e. The SMILES string of the molecule is COc1cccc(C(=O)N2CC(C(=O)NCc3cccnc3)C(c3cccc(F)c3)C2)c1. The number of halogens is 1. The molecule has 0 saturated carbocycles. The first-order chi connectivity index (χ1) is 15.5. The van der Waals surface area contributed by atoms with Crippen molar-refractivity contribution in [1.82, 2.24) is 15.2 Å². The lowest BCUT2D eigenvalue weighted by Gasteiger charge is -2.18. The number of aromatic nitrogens is 1. The minimum atomic E-state index is -0.497. The van der Waals surface area contributed by atoms with E-state index in [-0.39, 0.29) is 30.1 Å². The zero-order valence-electron chi connectivity index (χ0n) is 17.7. The molecule has 2 unspecified atom stereocenters. The van der Waals surface area contributed by atoms with Gasteiger partial charge in [0.15, 0.2) is 0 Å². The van der Waals surface area contributed by atoms with E-state index in [2.05, 4.69) is 10.3 Å². The second-order valence-corrected chi connectivity index (χ2v) is 7.79. The number of amides is 2. The Morgan fingerprint density at radius 3 is 2.72 bits per heavy atom. The molecule has 164 valence electrons. The lowest BCUT2D eigenvalue weighted by atomic mass is 9.88. The topological polar surface area (TPSA) is 71.5 Å². The highest BCUT2D eigenvalue weighted by Crippen LogP contribution is 2.34. The molecule has 1 saturated heterocycles. The maximum Gasteiger partial charge on any atom is 0.254 e. The van der Waals surface area contributed by atoms with Gasteiger partial charge in [-0.25, -0.2) is 4.39 Å². The number of ether oxygens (including phenoxy) is 1. The highest BCUT2D eigenvalue weighted by Gasteiger charge is 2.40. The molecule has 0 spiro atoms. The van der Waals surface area contributed by atoms with Crippen LogP contribution in [0.5, 0.6) is 5.75 Å². The maximum absolute atomic E-state index is 13.9. The third-order valence-electron chi connectivity index (χ3n) is 5.73. The number of nitrogens with zero attached hydrogens (tertiary/aromatic N) is 2. The zero-order chi connectivity index (χ0) is 22.5. The molecule has 32 heavy (non-hydrogen) atoms. The first kappa shape index (κ1) is 21.5. The lowest BCUT2D eigenvalue weighted by molar-refractivity contribution is -0.125. The smallest absolute Gasteiger partial charge is 0.254 e. The summed E-state index contributed by atoms with van der Waals surface area (Å²) in [6.07, 6.45) is 3.36. The first-order valence-electron chi connectivity index (χ1n) is 10.4. The summed E-state index contributed by atoms with van der Waals surface area (Å²) in [5, 5.41) is 2.94. The molecule has 0 bridgehead atoms. The summed E-state index contributed by atoms with van der Waals surface area (Å²) >= 11 is 0. The van der Waals surface area contributed by atoms with E-state index in [9.17, 15) is 14.0 Å². The number of carbonyl (C=O) groups excluding carboxylic acids is 2. The van der Waals surface area contributed by atoms with Crippen LogP contribution in [0.25, 0.3) is 0 Å². The van der Waals surface area contributed by atoms with E-state index in [4.69, 9.17) is 4.74 Å². The predicted molar refractivity (Wildman–Crippen MR) is 118 cm³/mol. The summed E-state index contributed by atoms with van der Waals surface area (Å²) in [5.41, 5.74) is 2.07. The standard InChI is InChI=1S/C25H24FN3O3/c1-32-21-9-3-7-19(12-21)25(31)29-15-22(18-6-2-8-20(26)11-18)23(16-29)24(30)28-14-17-5-4-10-27-13-17/h2-13,22-23H,14-16H2,1H3,(H,28,30). The van der Waals surface area contributed by atoms with Crippen molar-refractivity contribution in [3.63, 3.8) is 0 Å². The Bertz CT molecular complexity index is 1110.